The fourth-order valence-corrected chi connectivity index (χ4v) is 6.55. The van der Waals surface area contributed by atoms with Gasteiger partial charge in [0.15, 0.2) is 0 Å². The molecule has 0 aliphatic rings. The van der Waals surface area contributed by atoms with Crippen LogP contribution in [-0.4, -0.2) is 25.8 Å². The molecule has 1 amide bonds. The fourth-order valence-electron chi connectivity index (χ4n) is 3.64. The summed E-state index contributed by atoms with van der Waals surface area (Å²) in [5.41, 5.74) is 4.87. The molecule has 0 aliphatic carbocycles. The number of carbonyl (C=O) groups is 1. The predicted molar refractivity (Wildman–Crippen MR) is 146 cm³/mol. The molecule has 0 saturated carbocycles. The van der Waals surface area contributed by atoms with Crippen molar-refractivity contribution in [1.29, 1.82) is 5.26 Å². The van der Waals surface area contributed by atoms with E-state index in [0.29, 0.717) is 30.6 Å². The van der Waals surface area contributed by atoms with E-state index >= 15 is 0 Å². The van der Waals surface area contributed by atoms with Gasteiger partial charge in [-0.1, -0.05) is 69.3 Å². The number of nitriles is 1. The minimum absolute atomic E-state index is 0.0468. The van der Waals surface area contributed by atoms with Crippen molar-refractivity contribution in [3.63, 3.8) is 0 Å². The number of hydrogen-bond donors (Lipinski definition) is 1. The first-order valence-electron chi connectivity index (χ1n) is 10.8. The van der Waals surface area contributed by atoms with Crippen LogP contribution < -0.4 is 5.14 Å². The van der Waals surface area contributed by atoms with Crippen LogP contribution in [0.15, 0.2) is 83.1 Å². The summed E-state index contributed by atoms with van der Waals surface area (Å²) in [6, 6.07) is 23.0. The highest BCUT2D eigenvalue weighted by Crippen LogP contribution is 2.28. The number of benzene rings is 3. The van der Waals surface area contributed by atoms with Crippen molar-refractivity contribution < 1.29 is 13.2 Å². The van der Waals surface area contributed by atoms with Crippen molar-refractivity contribution in [3.05, 3.63) is 104 Å². The first kappa shape index (κ1) is 25.9. The normalized spacial score (nSPS) is 11.1. The number of nitrogens with two attached hydrogens (primary N) is 1. The van der Waals surface area contributed by atoms with Gasteiger partial charge < -0.3 is 4.90 Å². The van der Waals surface area contributed by atoms with Crippen LogP contribution in [0.2, 0.25) is 0 Å². The van der Waals surface area contributed by atoms with Gasteiger partial charge in [-0.3, -0.25) is 4.79 Å². The van der Waals surface area contributed by atoms with Gasteiger partial charge in [-0.25, -0.2) is 13.6 Å². The number of primary sulfonamides is 1. The van der Waals surface area contributed by atoms with Crippen LogP contribution in [0.25, 0.3) is 11.1 Å². The number of amides is 1. The van der Waals surface area contributed by atoms with Crippen LogP contribution in [0.1, 0.15) is 27.0 Å². The Morgan fingerprint density at radius 2 is 1.61 bits per heavy atom. The molecule has 182 valence electrons. The highest BCUT2D eigenvalue weighted by Gasteiger charge is 2.17. The zero-order valence-corrected chi connectivity index (χ0v) is 22.2. The number of sulfonamides is 1. The van der Waals surface area contributed by atoms with Crippen LogP contribution in [0.5, 0.6) is 0 Å². The second kappa shape index (κ2) is 11.2. The van der Waals surface area contributed by atoms with Crippen molar-refractivity contribution in [2.24, 2.45) is 5.14 Å². The molecule has 0 radical (unpaired) electrons. The van der Waals surface area contributed by atoms with Gasteiger partial charge in [0.25, 0.3) is 5.91 Å². The van der Waals surface area contributed by atoms with Gasteiger partial charge in [-0.2, -0.15) is 5.26 Å². The SMILES string of the molecule is N#Cc1ccc(CN(CCc2ccc(S(N)(=O)=O)cc2)C(=O)c2ccc(-c3cssc3=S)cc2)cc1. The van der Waals surface area contributed by atoms with Crippen molar-refractivity contribution >= 4 is 48.8 Å². The monoisotopic (exact) mass is 551 g/mol. The van der Waals surface area contributed by atoms with E-state index in [1.165, 1.54) is 12.1 Å². The van der Waals surface area contributed by atoms with E-state index in [0.717, 1.165) is 26.1 Å². The second-order valence-electron chi connectivity index (χ2n) is 8.05. The second-order valence-corrected chi connectivity index (χ2v) is 12.4. The van der Waals surface area contributed by atoms with Crippen LogP contribution >= 0.6 is 32.9 Å². The molecular weight excluding hydrogens is 531 g/mol. The highest BCUT2D eigenvalue weighted by atomic mass is 32.9. The van der Waals surface area contributed by atoms with Crippen LogP contribution in [0, 0.1) is 15.2 Å². The third kappa shape index (κ3) is 6.32. The Balaban J connectivity index is 1.55. The molecule has 0 atom stereocenters. The zero-order chi connectivity index (χ0) is 25.7. The van der Waals surface area contributed by atoms with Crippen LogP contribution in [0.4, 0.5) is 0 Å². The topological polar surface area (TPSA) is 104 Å². The Bertz CT molecular complexity index is 1570. The largest absolute Gasteiger partial charge is 0.334 e. The molecular formula is C26H21N3O3S4. The Morgan fingerprint density at radius 1 is 0.972 bits per heavy atom. The molecule has 10 heteroatoms. The minimum atomic E-state index is -3.76. The summed E-state index contributed by atoms with van der Waals surface area (Å²) < 4.78 is 23.9. The van der Waals surface area contributed by atoms with E-state index in [4.69, 9.17) is 22.6 Å². The maximum Gasteiger partial charge on any atom is 0.254 e. The number of carbonyl (C=O) groups excluding carboxylic acids is 1. The number of hydrogen-bond acceptors (Lipinski definition) is 7. The fraction of sp³-hybridized carbons (Fsp3) is 0.115. The van der Waals surface area contributed by atoms with Gasteiger partial charge >= 0.3 is 0 Å². The summed E-state index contributed by atoms with van der Waals surface area (Å²) in [6.45, 7) is 0.780. The number of rotatable bonds is 8. The summed E-state index contributed by atoms with van der Waals surface area (Å²) in [4.78, 5) is 15.3. The number of nitrogens with zero attached hydrogens (tertiary/aromatic N) is 2. The van der Waals surface area contributed by atoms with Crippen molar-refractivity contribution in [2.45, 2.75) is 17.9 Å². The first-order valence-corrected chi connectivity index (χ1v) is 15.0. The molecule has 2 N–H and O–H groups in total. The summed E-state index contributed by atoms with van der Waals surface area (Å²) in [6.07, 6.45) is 0.528. The Hall–Kier alpha value is -3.20. The average molecular weight is 552 g/mol. The Labute approximate surface area is 222 Å². The van der Waals surface area contributed by atoms with Crippen LogP contribution in [0.3, 0.4) is 0 Å². The lowest BCUT2D eigenvalue weighted by molar-refractivity contribution is 0.0745. The summed E-state index contributed by atoms with van der Waals surface area (Å²) in [7, 11) is -0.627. The molecule has 1 heterocycles. The van der Waals surface area contributed by atoms with Crippen molar-refractivity contribution in [2.75, 3.05) is 6.54 Å². The quantitative estimate of drug-likeness (QED) is 0.226. The van der Waals surface area contributed by atoms with Gasteiger partial charge in [-0.15, -0.1) is 0 Å². The lowest BCUT2D eigenvalue weighted by Crippen LogP contribution is -2.32. The first-order chi connectivity index (χ1) is 17.2. The molecule has 4 aromatic rings. The molecule has 0 bridgehead atoms. The van der Waals surface area contributed by atoms with Gasteiger partial charge in [-0.05, 0) is 59.5 Å². The third-order valence-corrected chi connectivity index (χ3v) is 9.21. The highest BCUT2D eigenvalue weighted by molar-refractivity contribution is 7.89. The third-order valence-electron chi connectivity index (χ3n) is 5.62. The lowest BCUT2D eigenvalue weighted by Gasteiger charge is -2.23. The van der Waals surface area contributed by atoms with Gasteiger partial charge in [0.05, 0.1) is 16.5 Å². The summed E-state index contributed by atoms with van der Waals surface area (Å²) >= 11 is 5.39. The van der Waals surface area contributed by atoms with E-state index in [-0.39, 0.29) is 10.8 Å². The van der Waals surface area contributed by atoms with Crippen molar-refractivity contribution in [1.82, 2.24) is 4.90 Å². The molecule has 0 unspecified atom stereocenters. The Kier molecular flexibility index (Phi) is 8.08. The molecule has 36 heavy (non-hydrogen) atoms. The summed E-state index contributed by atoms with van der Waals surface area (Å²) in [5, 5.41) is 16.3. The standard InChI is InChI=1S/C26H21N3O3S4/c27-15-19-1-3-20(4-2-19)16-29(14-13-18-5-11-23(12-6-18)36(28,31)32)25(30)22-9-7-21(8-10-22)24-17-34-35-26(24)33/h1-12,17H,13-14,16H2,(H2,28,31,32). The van der Waals surface area contributed by atoms with E-state index in [9.17, 15) is 13.2 Å². The molecule has 0 spiro atoms. The van der Waals surface area contributed by atoms with E-state index < -0.39 is 10.0 Å². The van der Waals surface area contributed by atoms with E-state index in [1.807, 2.05) is 29.6 Å². The zero-order valence-electron chi connectivity index (χ0n) is 19.0. The smallest absolute Gasteiger partial charge is 0.254 e. The molecule has 3 aromatic carbocycles. The molecule has 0 aliphatic heterocycles. The van der Waals surface area contributed by atoms with E-state index in [1.54, 1.807) is 62.0 Å². The van der Waals surface area contributed by atoms with Crippen LogP contribution in [-0.2, 0) is 23.0 Å². The molecule has 6 nitrogen and oxygen atoms in total. The minimum Gasteiger partial charge on any atom is -0.334 e. The molecule has 0 fully saturated rings. The molecule has 4 rings (SSSR count). The predicted octanol–water partition coefficient (Wildman–Crippen LogP) is 5.61. The average Bonchev–Trinajstić information content (AvgIpc) is 3.32. The summed E-state index contributed by atoms with van der Waals surface area (Å²) in [5.74, 6) is -0.126. The molecule has 0 saturated heterocycles. The van der Waals surface area contributed by atoms with Crippen molar-refractivity contribution in [3.8, 4) is 17.2 Å². The maximum absolute atomic E-state index is 13.5. The molecule has 1 aromatic heterocycles. The lowest BCUT2D eigenvalue weighted by atomic mass is 10.1. The Morgan fingerprint density at radius 3 is 2.17 bits per heavy atom. The van der Waals surface area contributed by atoms with Gasteiger partial charge in [0.1, 0.15) is 3.82 Å². The van der Waals surface area contributed by atoms with Gasteiger partial charge in [0, 0.05) is 29.6 Å². The van der Waals surface area contributed by atoms with E-state index in [2.05, 4.69) is 6.07 Å². The maximum atomic E-state index is 13.5. The van der Waals surface area contributed by atoms with Gasteiger partial charge in [0.2, 0.25) is 10.0 Å².